The van der Waals surface area contributed by atoms with Gasteiger partial charge in [-0.1, -0.05) is 34.7 Å². The van der Waals surface area contributed by atoms with E-state index in [1.165, 1.54) is 5.56 Å². The van der Waals surface area contributed by atoms with Crippen LogP contribution in [0.1, 0.15) is 5.56 Å². The second-order valence-corrected chi connectivity index (χ2v) is 3.83. The van der Waals surface area contributed by atoms with Crippen molar-refractivity contribution in [3.05, 3.63) is 29.8 Å². The van der Waals surface area contributed by atoms with Gasteiger partial charge in [0, 0.05) is 10.1 Å². The van der Waals surface area contributed by atoms with Gasteiger partial charge in [0.15, 0.2) is 0 Å². The standard InChI is InChI=1S/C10H10INO2/c11-7-8-1-3-9(4-2-8)12-5-6-14-10(12)13/h1-4H,5-7H2. The van der Waals surface area contributed by atoms with Crippen molar-refractivity contribution in [2.45, 2.75) is 4.43 Å². The number of hydrogen-bond donors (Lipinski definition) is 0. The molecule has 74 valence electrons. The van der Waals surface area contributed by atoms with Gasteiger partial charge in [0.1, 0.15) is 6.61 Å². The first-order valence-electron chi connectivity index (χ1n) is 4.40. The zero-order valence-electron chi connectivity index (χ0n) is 7.57. The number of ether oxygens (including phenoxy) is 1. The summed E-state index contributed by atoms with van der Waals surface area (Å²) in [5.41, 5.74) is 2.18. The maximum absolute atomic E-state index is 11.2. The van der Waals surface area contributed by atoms with E-state index in [4.69, 9.17) is 4.74 Å². The van der Waals surface area contributed by atoms with Gasteiger partial charge in [0.2, 0.25) is 0 Å². The summed E-state index contributed by atoms with van der Waals surface area (Å²) in [7, 11) is 0. The number of carbonyl (C=O) groups excluding carboxylic acids is 1. The first kappa shape index (κ1) is 9.76. The highest BCUT2D eigenvalue weighted by Crippen LogP contribution is 2.19. The number of cyclic esters (lactones) is 1. The summed E-state index contributed by atoms with van der Waals surface area (Å²) in [5.74, 6) is 0. The summed E-state index contributed by atoms with van der Waals surface area (Å²) in [4.78, 5) is 12.9. The molecule has 14 heavy (non-hydrogen) atoms. The molecule has 1 fully saturated rings. The van der Waals surface area contributed by atoms with Gasteiger partial charge in [0.05, 0.1) is 6.54 Å². The number of rotatable bonds is 2. The lowest BCUT2D eigenvalue weighted by atomic mass is 10.2. The number of amides is 1. The van der Waals surface area contributed by atoms with E-state index in [1.54, 1.807) is 4.90 Å². The summed E-state index contributed by atoms with van der Waals surface area (Å²) in [5, 5.41) is 0. The average Bonchev–Trinajstić information content (AvgIpc) is 2.65. The molecule has 0 bridgehead atoms. The Morgan fingerprint density at radius 2 is 2.07 bits per heavy atom. The van der Waals surface area contributed by atoms with Gasteiger partial charge >= 0.3 is 6.09 Å². The fraction of sp³-hybridized carbons (Fsp3) is 0.300. The second-order valence-electron chi connectivity index (χ2n) is 3.07. The molecule has 1 amide bonds. The Kier molecular flexibility index (Phi) is 2.90. The van der Waals surface area contributed by atoms with Crippen molar-refractivity contribution in [3.63, 3.8) is 0 Å². The third-order valence-electron chi connectivity index (χ3n) is 2.16. The number of anilines is 1. The van der Waals surface area contributed by atoms with Crippen molar-refractivity contribution in [2.75, 3.05) is 18.1 Å². The minimum atomic E-state index is -0.243. The van der Waals surface area contributed by atoms with E-state index in [9.17, 15) is 4.79 Å². The Morgan fingerprint density at radius 3 is 2.57 bits per heavy atom. The lowest BCUT2D eigenvalue weighted by molar-refractivity contribution is 0.181. The molecule has 3 nitrogen and oxygen atoms in total. The van der Waals surface area contributed by atoms with Crippen molar-refractivity contribution < 1.29 is 9.53 Å². The van der Waals surface area contributed by atoms with Crippen LogP contribution in [0.3, 0.4) is 0 Å². The third-order valence-corrected chi connectivity index (χ3v) is 3.04. The highest BCUT2D eigenvalue weighted by atomic mass is 127. The molecule has 0 spiro atoms. The molecule has 1 saturated heterocycles. The number of halogens is 1. The van der Waals surface area contributed by atoms with Gasteiger partial charge < -0.3 is 4.74 Å². The minimum Gasteiger partial charge on any atom is -0.447 e. The molecule has 0 aromatic heterocycles. The Hall–Kier alpha value is -0.780. The largest absolute Gasteiger partial charge is 0.447 e. The SMILES string of the molecule is O=C1OCCN1c1ccc(CI)cc1. The molecule has 1 aliphatic rings. The molecular weight excluding hydrogens is 293 g/mol. The molecule has 1 aliphatic heterocycles. The monoisotopic (exact) mass is 303 g/mol. The third kappa shape index (κ3) is 1.84. The zero-order valence-corrected chi connectivity index (χ0v) is 9.73. The van der Waals surface area contributed by atoms with Crippen LogP contribution in [-0.4, -0.2) is 19.2 Å². The van der Waals surface area contributed by atoms with Crippen molar-refractivity contribution in [1.29, 1.82) is 0 Å². The predicted molar refractivity (Wildman–Crippen MR) is 62.9 cm³/mol. The Balaban J connectivity index is 2.20. The van der Waals surface area contributed by atoms with Crippen LogP contribution in [0.15, 0.2) is 24.3 Å². The van der Waals surface area contributed by atoms with Crippen molar-refractivity contribution in [2.24, 2.45) is 0 Å². The summed E-state index contributed by atoms with van der Waals surface area (Å²) in [6.45, 7) is 1.15. The van der Waals surface area contributed by atoms with Crippen LogP contribution in [0.4, 0.5) is 10.5 Å². The van der Waals surface area contributed by atoms with Crippen molar-refractivity contribution in [1.82, 2.24) is 0 Å². The molecule has 0 saturated carbocycles. The Labute approximate surface area is 96.2 Å². The topological polar surface area (TPSA) is 29.5 Å². The van der Waals surface area contributed by atoms with Gasteiger partial charge in [0.25, 0.3) is 0 Å². The number of benzene rings is 1. The minimum absolute atomic E-state index is 0.243. The van der Waals surface area contributed by atoms with Crippen LogP contribution in [0.2, 0.25) is 0 Å². The molecular formula is C10H10INO2. The first-order chi connectivity index (χ1) is 6.81. The highest BCUT2D eigenvalue weighted by molar-refractivity contribution is 14.1. The van der Waals surface area contributed by atoms with E-state index < -0.39 is 0 Å². The van der Waals surface area contributed by atoms with Crippen LogP contribution >= 0.6 is 22.6 Å². The number of hydrogen-bond acceptors (Lipinski definition) is 2. The summed E-state index contributed by atoms with van der Waals surface area (Å²) < 4.78 is 5.85. The maximum atomic E-state index is 11.2. The van der Waals surface area contributed by atoms with E-state index >= 15 is 0 Å². The molecule has 0 N–H and O–H groups in total. The number of nitrogens with zero attached hydrogens (tertiary/aromatic N) is 1. The fourth-order valence-electron chi connectivity index (χ4n) is 1.39. The quantitative estimate of drug-likeness (QED) is 0.621. The molecule has 1 heterocycles. The second kappa shape index (κ2) is 4.16. The molecule has 0 atom stereocenters. The fourth-order valence-corrected chi connectivity index (χ4v) is 1.90. The van der Waals surface area contributed by atoms with Crippen molar-refractivity contribution >= 4 is 34.4 Å². The molecule has 4 heteroatoms. The number of carbonyl (C=O) groups is 1. The van der Waals surface area contributed by atoms with Crippen LogP contribution in [-0.2, 0) is 9.16 Å². The Bertz CT molecular complexity index is 336. The molecule has 0 unspecified atom stereocenters. The molecule has 1 aromatic carbocycles. The average molecular weight is 303 g/mol. The maximum Gasteiger partial charge on any atom is 0.414 e. The predicted octanol–water partition coefficient (Wildman–Crippen LogP) is 2.58. The van der Waals surface area contributed by atoms with E-state index in [0.717, 1.165) is 10.1 Å². The van der Waals surface area contributed by atoms with E-state index in [2.05, 4.69) is 22.6 Å². The number of alkyl halides is 1. The molecule has 0 aliphatic carbocycles. The van der Waals surface area contributed by atoms with Crippen LogP contribution < -0.4 is 4.90 Å². The van der Waals surface area contributed by atoms with Crippen LogP contribution in [0.5, 0.6) is 0 Å². The lowest BCUT2D eigenvalue weighted by Crippen LogP contribution is -2.23. The van der Waals surface area contributed by atoms with Gasteiger partial charge in [-0.15, -0.1) is 0 Å². The first-order valence-corrected chi connectivity index (χ1v) is 5.93. The smallest absolute Gasteiger partial charge is 0.414 e. The van der Waals surface area contributed by atoms with Gasteiger partial charge in [-0.05, 0) is 17.7 Å². The van der Waals surface area contributed by atoms with Crippen LogP contribution in [0.25, 0.3) is 0 Å². The lowest BCUT2D eigenvalue weighted by Gasteiger charge is -2.12. The summed E-state index contributed by atoms with van der Waals surface area (Å²) in [6.07, 6.45) is -0.243. The highest BCUT2D eigenvalue weighted by Gasteiger charge is 2.22. The van der Waals surface area contributed by atoms with Crippen LogP contribution in [0, 0.1) is 0 Å². The molecule has 0 radical (unpaired) electrons. The zero-order chi connectivity index (χ0) is 9.97. The Morgan fingerprint density at radius 1 is 1.36 bits per heavy atom. The molecule has 1 aromatic rings. The van der Waals surface area contributed by atoms with Gasteiger partial charge in [-0.3, -0.25) is 4.90 Å². The van der Waals surface area contributed by atoms with E-state index in [1.807, 2.05) is 24.3 Å². The molecule has 2 rings (SSSR count). The van der Waals surface area contributed by atoms with Crippen molar-refractivity contribution in [3.8, 4) is 0 Å². The summed E-state index contributed by atoms with van der Waals surface area (Å²) in [6, 6.07) is 7.99. The van der Waals surface area contributed by atoms with Gasteiger partial charge in [-0.25, -0.2) is 4.79 Å². The summed E-state index contributed by atoms with van der Waals surface area (Å²) >= 11 is 2.31. The van der Waals surface area contributed by atoms with E-state index in [-0.39, 0.29) is 6.09 Å². The van der Waals surface area contributed by atoms with Gasteiger partial charge in [-0.2, -0.15) is 0 Å². The normalized spacial score (nSPS) is 15.8. The van der Waals surface area contributed by atoms with E-state index in [0.29, 0.717) is 13.2 Å².